The molecule has 0 aliphatic heterocycles. The summed E-state index contributed by atoms with van der Waals surface area (Å²) in [7, 11) is 0. The fourth-order valence-corrected chi connectivity index (χ4v) is 1.61. The molecule has 1 unspecified atom stereocenters. The van der Waals surface area contributed by atoms with E-state index < -0.39 is 6.10 Å². The van der Waals surface area contributed by atoms with Crippen molar-refractivity contribution < 1.29 is 5.11 Å². The predicted octanol–water partition coefficient (Wildman–Crippen LogP) is 2.06. The molecule has 84 valence electrons. The summed E-state index contributed by atoms with van der Waals surface area (Å²) in [5, 5.41) is 13.0. The Balaban J connectivity index is 2.65. The summed E-state index contributed by atoms with van der Waals surface area (Å²) < 4.78 is 0.823. The molecule has 15 heavy (non-hydrogen) atoms. The molecule has 1 aromatic rings. The standard InChI is InChI=1S/C11H17BrN2O/c1-7(2)14-6-11(15)8-3-4-10(13)9(12)5-8/h3-5,7,11,14-15H,6,13H2,1-2H3. The smallest absolute Gasteiger partial charge is 0.0914 e. The number of aliphatic hydroxyl groups excluding tert-OH is 1. The Morgan fingerprint density at radius 3 is 2.67 bits per heavy atom. The summed E-state index contributed by atoms with van der Waals surface area (Å²) in [4.78, 5) is 0. The number of nitrogens with one attached hydrogen (secondary N) is 1. The molecule has 1 atom stereocenters. The van der Waals surface area contributed by atoms with Crippen LogP contribution in [0.1, 0.15) is 25.5 Å². The van der Waals surface area contributed by atoms with Crippen LogP contribution in [0.5, 0.6) is 0 Å². The van der Waals surface area contributed by atoms with Crippen molar-refractivity contribution in [3.05, 3.63) is 28.2 Å². The van der Waals surface area contributed by atoms with Gasteiger partial charge in [-0.2, -0.15) is 0 Å². The van der Waals surface area contributed by atoms with Gasteiger partial charge in [-0.3, -0.25) is 0 Å². The van der Waals surface area contributed by atoms with Crippen molar-refractivity contribution in [1.29, 1.82) is 0 Å². The first-order valence-corrected chi connectivity index (χ1v) is 5.76. The van der Waals surface area contributed by atoms with E-state index in [9.17, 15) is 5.11 Å². The Hall–Kier alpha value is -0.580. The number of rotatable bonds is 4. The summed E-state index contributed by atoms with van der Waals surface area (Å²) in [5.41, 5.74) is 7.22. The summed E-state index contributed by atoms with van der Waals surface area (Å²) in [6.45, 7) is 4.64. The van der Waals surface area contributed by atoms with Crippen molar-refractivity contribution in [2.45, 2.75) is 26.0 Å². The molecule has 4 heteroatoms. The molecule has 0 saturated heterocycles. The SMILES string of the molecule is CC(C)NCC(O)c1ccc(N)c(Br)c1. The monoisotopic (exact) mass is 272 g/mol. The van der Waals surface area contributed by atoms with Gasteiger partial charge in [0, 0.05) is 22.7 Å². The van der Waals surface area contributed by atoms with E-state index in [1.54, 1.807) is 6.07 Å². The minimum Gasteiger partial charge on any atom is -0.398 e. The highest BCUT2D eigenvalue weighted by atomic mass is 79.9. The first-order chi connectivity index (χ1) is 7.00. The van der Waals surface area contributed by atoms with Crippen LogP contribution >= 0.6 is 15.9 Å². The van der Waals surface area contributed by atoms with Gasteiger partial charge in [-0.25, -0.2) is 0 Å². The minimum absolute atomic E-state index is 0.372. The van der Waals surface area contributed by atoms with Crippen LogP contribution in [-0.4, -0.2) is 17.7 Å². The fourth-order valence-electron chi connectivity index (χ4n) is 1.22. The van der Waals surface area contributed by atoms with Crippen molar-refractivity contribution in [1.82, 2.24) is 5.32 Å². The van der Waals surface area contributed by atoms with Gasteiger partial charge in [0.2, 0.25) is 0 Å². The normalized spacial score (nSPS) is 13.1. The molecule has 0 bridgehead atoms. The molecule has 0 saturated carbocycles. The molecule has 0 aliphatic carbocycles. The van der Waals surface area contributed by atoms with Crippen molar-refractivity contribution in [2.75, 3.05) is 12.3 Å². The number of aliphatic hydroxyl groups is 1. The average Bonchev–Trinajstić information content (AvgIpc) is 2.18. The Kier molecular flexibility index (Phi) is 4.57. The number of halogens is 1. The van der Waals surface area contributed by atoms with Gasteiger partial charge in [-0.15, -0.1) is 0 Å². The van der Waals surface area contributed by atoms with E-state index in [1.807, 2.05) is 26.0 Å². The molecule has 3 nitrogen and oxygen atoms in total. The van der Waals surface area contributed by atoms with Crippen molar-refractivity contribution in [3.8, 4) is 0 Å². The number of nitrogen functional groups attached to an aromatic ring is 1. The topological polar surface area (TPSA) is 58.3 Å². The first kappa shape index (κ1) is 12.5. The molecule has 4 N–H and O–H groups in total. The lowest BCUT2D eigenvalue weighted by atomic mass is 10.1. The maximum Gasteiger partial charge on any atom is 0.0914 e. The summed E-state index contributed by atoms with van der Waals surface area (Å²) in [6.07, 6.45) is -0.496. The Morgan fingerprint density at radius 1 is 1.47 bits per heavy atom. The largest absolute Gasteiger partial charge is 0.398 e. The summed E-state index contributed by atoms with van der Waals surface area (Å²) >= 11 is 3.34. The molecule has 0 aromatic heterocycles. The van der Waals surface area contributed by atoms with Crippen molar-refractivity contribution >= 4 is 21.6 Å². The van der Waals surface area contributed by atoms with Gasteiger partial charge in [0.15, 0.2) is 0 Å². The van der Waals surface area contributed by atoms with E-state index in [4.69, 9.17) is 5.73 Å². The van der Waals surface area contributed by atoms with Gasteiger partial charge < -0.3 is 16.2 Å². The number of hydrogen-bond donors (Lipinski definition) is 3. The number of nitrogens with two attached hydrogens (primary N) is 1. The van der Waals surface area contributed by atoms with Gasteiger partial charge in [-0.05, 0) is 33.6 Å². The third-order valence-corrected chi connectivity index (χ3v) is 2.82. The molecule has 1 aromatic carbocycles. The molecular weight excluding hydrogens is 256 g/mol. The third kappa shape index (κ3) is 3.81. The van der Waals surface area contributed by atoms with Crippen LogP contribution in [0, 0.1) is 0 Å². The zero-order chi connectivity index (χ0) is 11.4. The van der Waals surface area contributed by atoms with Crippen LogP contribution in [0.4, 0.5) is 5.69 Å². The number of anilines is 1. The van der Waals surface area contributed by atoms with Crippen LogP contribution in [0.25, 0.3) is 0 Å². The van der Waals surface area contributed by atoms with Gasteiger partial charge >= 0.3 is 0 Å². The maximum atomic E-state index is 9.86. The molecule has 0 heterocycles. The lowest BCUT2D eigenvalue weighted by molar-refractivity contribution is 0.171. The second-order valence-electron chi connectivity index (χ2n) is 3.86. The Morgan fingerprint density at radius 2 is 2.13 bits per heavy atom. The predicted molar refractivity (Wildman–Crippen MR) is 66.7 cm³/mol. The van der Waals surface area contributed by atoms with Crippen LogP contribution in [0.2, 0.25) is 0 Å². The van der Waals surface area contributed by atoms with Crippen LogP contribution in [0.3, 0.4) is 0 Å². The molecule has 0 fully saturated rings. The zero-order valence-corrected chi connectivity index (χ0v) is 10.6. The lowest BCUT2D eigenvalue weighted by Crippen LogP contribution is -2.27. The lowest BCUT2D eigenvalue weighted by Gasteiger charge is -2.15. The van der Waals surface area contributed by atoms with Crippen molar-refractivity contribution in [2.24, 2.45) is 0 Å². The van der Waals surface area contributed by atoms with Gasteiger partial charge in [0.05, 0.1) is 6.10 Å². The van der Waals surface area contributed by atoms with Gasteiger partial charge in [0.25, 0.3) is 0 Å². The summed E-state index contributed by atoms with van der Waals surface area (Å²) in [6, 6.07) is 5.85. The first-order valence-electron chi connectivity index (χ1n) is 4.97. The highest BCUT2D eigenvalue weighted by molar-refractivity contribution is 9.10. The quantitative estimate of drug-likeness (QED) is 0.736. The van der Waals surface area contributed by atoms with Crippen LogP contribution in [0.15, 0.2) is 22.7 Å². The molecular formula is C11H17BrN2O. The van der Waals surface area contributed by atoms with Gasteiger partial charge in [0.1, 0.15) is 0 Å². The van der Waals surface area contributed by atoms with Crippen LogP contribution < -0.4 is 11.1 Å². The van der Waals surface area contributed by atoms with Gasteiger partial charge in [-0.1, -0.05) is 19.9 Å². The average molecular weight is 273 g/mol. The van der Waals surface area contributed by atoms with E-state index in [0.29, 0.717) is 18.3 Å². The zero-order valence-electron chi connectivity index (χ0n) is 9.00. The second kappa shape index (κ2) is 5.49. The van der Waals surface area contributed by atoms with E-state index >= 15 is 0 Å². The van der Waals surface area contributed by atoms with Crippen molar-refractivity contribution in [3.63, 3.8) is 0 Å². The van der Waals surface area contributed by atoms with Crippen LogP contribution in [-0.2, 0) is 0 Å². The summed E-state index contributed by atoms with van der Waals surface area (Å²) in [5.74, 6) is 0. The van der Waals surface area contributed by atoms with E-state index in [-0.39, 0.29) is 0 Å². The molecule has 0 radical (unpaired) electrons. The third-order valence-electron chi connectivity index (χ3n) is 2.13. The molecule has 1 rings (SSSR count). The Labute approximate surface area is 98.8 Å². The molecule has 0 amide bonds. The maximum absolute atomic E-state index is 9.86. The molecule has 0 aliphatic rings. The van der Waals surface area contributed by atoms with E-state index in [1.165, 1.54) is 0 Å². The molecule has 0 spiro atoms. The second-order valence-corrected chi connectivity index (χ2v) is 4.71. The van der Waals surface area contributed by atoms with E-state index in [2.05, 4.69) is 21.2 Å². The van der Waals surface area contributed by atoms with E-state index in [0.717, 1.165) is 10.0 Å². The highest BCUT2D eigenvalue weighted by Gasteiger charge is 2.09. The Bertz CT molecular complexity index is 328. The number of benzene rings is 1. The number of hydrogen-bond acceptors (Lipinski definition) is 3. The minimum atomic E-state index is -0.496. The fraction of sp³-hybridized carbons (Fsp3) is 0.455. The highest BCUT2D eigenvalue weighted by Crippen LogP contribution is 2.23.